The van der Waals surface area contributed by atoms with Crippen LogP contribution in [0.3, 0.4) is 0 Å². The highest BCUT2D eigenvalue weighted by atomic mass is 35.5. The first kappa shape index (κ1) is 19.9. The zero-order valence-corrected chi connectivity index (χ0v) is 17.4. The van der Waals surface area contributed by atoms with Crippen molar-refractivity contribution >= 4 is 21.6 Å². The van der Waals surface area contributed by atoms with Gasteiger partial charge in [-0.15, -0.1) is 0 Å². The molecular weight excluding hydrogens is 414 g/mol. The molecule has 1 atom stereocenters. The molecular formula is C19H20ClN5O3S. The van der Waals surface area contributed by atoms with E-state index in [2.05, 4.69) is 20.1 Å². The zero-order chi connectivity index (χ0) is 20.4. The van der Waals surface area contributed by atoms with Crippen LogP contribution in [0.4, 0.5) is 0 Å². The largest absolute Gasteiger partial charge is 0.339 e. The van der Waals surface area contributed by atoms with Gasteiger partial charge in [-0.05, 0) is 43.4 Å². The second-order valence-corrected chi connectivity index (χ2v) is 9.35. The second-order valence-electron chi connectivity index (χ2n) is 7.04. The maximum atomic E-state index is 13.1. The highest BCUT2D eigenvalue weighted by molar-refractivity contribution is 7.89. The summed E-state index contributed by atoms with van der Waals surface area (Å²) < 4.78 is 33.2. The molecule has 29 heavy (non-hydrogen) atoms. The van der Waals surface area contributed by atoms with Crippen LogP contribution in [0.1, 0.15) is 24.3 Å². The van der Waals surface area contributed by atoms with Gasteiger partial charge in [0.1, 0.15) is 5.69 Å². The molecule has 152 valence electrons. The van der Waals surface area contributed by atoms with Gasteiger partial charge in [0.05, 0.1) is 11.1 Å². The highest BCUT2D eigenvalue weighted by Crippen LogP contribution is 2.29. The van der Waals surface area contributed by atoms with Gasteiger partial charge >= 0.3 is 0 Å². The molecule has 0 unspecified atom stereocenters. The standard InChI is InChI=1S/C19H20ClN5O3S/c1-13-15(20)5-2-6-17(13)29(26,27)25-9-3-4-14(12-25)10-18-23-19(24-28-18)16-11-21-7-8-22-16/h2,5-8,11,14H,3-4,9-10,12H2,1H3/t14-/m0/s1. The van der Waals surface area contributed by atoms with Crippen LogP contribution in [0, 0.1) is 12.8 Å². The van der Waals surface area contributed by atoms with Gasteiger partial charge in [-0.2, -0.15) is 9.29 Å². The maximum absolute atomic E-state index is 13.1. The van der Waals surface area contributed by atoms with E-state index >= 15 is 0 Å². The van der Waals surface area contributed by atoms with Crippen molar-refractivity contribution in [3.8, 4) is 11.5 Å². The molecule has 10 heteroatoms. The summed E-state index contributed by atoms with van der Waals surface area (Å²) in [6.07, 6.45) is 6.87. The van der Waals surface area contributed by atoms with Crippen LogP contribution >= 0.6 is 11.6 Å². The van der Waals surface area contributed by atoms with Crippen LogP contribution in [0.5, 0.6) is 0 Å². The van der Waals surface area contributed by atoms with Gasteiger partial charge in [0.25, 0.3) is 0 Å². The van der Waals surface area contributed by atoms with E-state index in [1.807, 2.05) is 0 Å². The maximum Gasteiger partial charge on any atom is 0.243 e. The molecule has 0 amide bonds. The fourth-order valence-electron chi connectivity index (χ4n) is 3.52. The number of hydrogen-bond donors (Lipinski definition) is 0. The molecule has 0 bridgehead atoms. The lowest BCUT2D eigenvalue weighted by Crippen LogP contribution is -2.40. The molecule has 0 aliphatic carbocycles. The molecule has 8 nitrogen and oxygen atoms in total. The van der Waals surface area contributed by atoms with Gasteiger partial charge < -0.3 is 4.52 Å². The van der Waals surface area contributed by atoms with Gasteiger partial charge in [-0.1, -0.05) is 22.8 Å². The minimum atomic E-state index is -3.61. The smallest absolute Gasteiger partial charge is 0.243 e. The number of benzene rings is 1. The fourth-order valence-corrected chi connectivity index (χ4v) is 5.55. The van der Waals surface area contributed by atoms with E-state index in [4.69, 9.17) is 16.1 Å². The van der Waals surface area contributed by atoms with Crippen molar-refractivity contribution < 1.29 is 12.9 Å². The molecule has 1 aliphatic heterocycles. The van der Waals surface area contributed by atoms with Crippen molar-refractivity contribution in [2.24, 2.45) is 5.92 Å². The normalized spacial score (nSPS) is 18.1. The van der Waals surface area contributed by atoms with Crippen LogP contribution in [0.2, 0.25) is 5.02 Å². The number of sulfonamides is 1. The number of piperidine rings is 1. The van der Waals surface area contributed by atoms with E-state index in [0.717, 1.165) is 12.8 Å². The topological polar surface area (TPSA) is 102 Å². The Morgan fingerprint density at radius 2 is 2.17 bits per heavy atom. The van der Waals surface area contributed by atoms with Crippen molar-refractivity contribution in [3.05, 3.63) is 53.3 Å². The molecule has 3 aromatic rings. The van der Waals surface area contributed by atoms with Gasteiger partial charge in [0.2, 0.25) is 21.7 Å². The summed E-state index contributed by atoms with van der Waals surface area (Å²) >= 11 is 6.13. The molecule has 0 saturated carbocycles. The van der Waals surface area contributed by atoms with Crippen LogP contribution in [0.25, 0.3) is 11.5 Å². The summed E-state index contributed by atoms with van der Waals surface area (Å²) in [4.78, 5) is 12.8. The molecule has 3 heterocycles. The van der Waals surface area contributed by atoms with E-state index < -0.39 is 10.0 Å². The van der Waals surface area contributed by atoms with Crippen LogP contribution < -0.4 is 0 Å². The molecule has 1 aromatic carbocycles. The molecule has 2 aromatic heterocycles. The van der Waals surface area contributed by atoms with Crippen molar-refractivity contribution in [3.63, 3.8) is 0 Å². The minimum absolute atomic E-state index is 0.0909. The molecule has 1 fully saturated rings. The van der Waals surface area contributed by atoms with Crippen LogP contribution in [0.15, 0.2) is 46.2 Å². The Morgan fingerprint density at radius 1 is 1.31 bits per heavy atom. The summed E-state index contributed by atoms with van der Waals surface area (Å²) in [6, 6.07) is 4.96. The Balaban J connectivity index is 1.49. The van der Waals surface area contributed by atoms with Crippen LogP contribution in [-0.4, -0.2) is 45.9 Å². The average molecular weight is 434 g/mol. The van der Waals surface area contributed by atoms with Crippen LogP contribution in [-0.2, 0) is 16.4 Å². The lowest BCUT2D eigenvalue weighted by atomic mass is 9.96. The molecule has 0 spiro atoms. The summed E-state index contributed by atoms with van der Waals surface area (Å²) in [5, 5.41) is 4.40. The Kier molecular flexibility index (Phi) is 5.62. The number of halogens is 1. The summed E-state index contributed by atoms with van der Waals surface area (Å²) in [5.74, 6) is 0.935. The van der Waals surface area contributed by atoms with Gasteiger partial charge in [-0.3, -0.25) is 4.98 Å². The fraction of sp³-hybridized carbons (Fsp3) is 0.368. The Hall–Kier alpha value is -2.36. The van der Waals surface area contributed by atoms with Crippen molar-refractivity contribution in [1.82, 2.24) is 24.4 Å². The first-order valence-electron chi connectivity index (χ1n) is 9.29. The summed E-state index contributed by atoms with van der Waals surface area (Å²) in [7, 11) is -3.61. The van der Waals surface area contributed by atoms with E-state index in [1.54, 1.807) is 43.7 Å². The van der Waals surface area contributed by atoms with E-state index in [9.17, 15) is 8.42 Å². The molecule has 1 saturated heterocycles. The molecule has 4 rings (SSSR count). The van der Waals surface area contributed by atoms with E-state index in [1.165, 1.54) is 4.31 Å². The van der Waals surface area contributed by atoms with Crippen molar-refractivity contribution in [1.29, 1.82) is 0 Å². The molecule has 0 radical (unpaired) electrons. The minimum Gasteiger partial charge on any atom is -0.339 e. The lowest BCUT2D eigenvalue weighted by Gasteiger charge is -2.31. The Labute approximate surface area is 174 Å². The Bertz CT molecular complexity index is 1100. The SMILES string of the molecule is Cc1c(Cl)cccc1S(=O)(=O)N1CCC[C@@H](Cc2nc(-c3cnccn3)no2)C1. The average Bonchev–Trinajstić information content (AvgIpc) is 3.19. The van der Waals surface area contributed by atoms with E-state index in [0.29, 0.717) is 47.5 Å². The predicted molar refractivity (Wildman–Crippen MR) is 107 cm³/mol. The number of aromatic nitrogens is 4. The molecule has 1 aliphatic rings. The zero-order valence-electron chi connectivity index (χ0n) is 15.8. The first-order chi connectivity index (χ1) is 13.9. The third-order valence-corrected chi connectivity index (χ3v) is 7.46. The Morgan fingerprint density at radius 3 is 2.97 bits per heavy atom. The third-order valence-electron chi connectivity index (χ3n) is 5.04. The molecule has 0 N–H and O–H groups in total. The van der Waals surface area contributed by atoms with Gasteiger partial charge in [0, 0.05) is 36.9 Å². The number of rotatable bonds is 5. The van der Waals surface area contributed by atoms with Gasteiger partial charge in [-0.25, -0.2) is 13.4 Å². The van der Waals surface area contributed by atoms with Gasteiger partial charge in [0.15, 0.2) is 0 Å². The van der Waals surface area contributed by atoms with Crippen molar-refractivity contribution in [2.45, 2.75) is 31.1 Å². The number of nitrogens with zero attached hydrogens (tertiary/aromatic N) is 5. The highest BCUT2D eigenvalue weighted by Gasteiger charge is 2.32. The van der Waals surface area contributed by atoms with E-state index in [-0.39, 0.29) is 10.8 Å². The quantitative estimate of drug-likeness (QED) is 0.608. The van der Waals surface area contributed by atoms with Crippen molar-refractivity contribution in [2.75, 3.05) is 13.1 Å². The monoisotopic (exact) mass is 433 g/mol. The predicted octanol–water partition coefficient (Wildman–Crippen LogP) is 3.13. The summed E-state index contributed by atoms with van der Waals surface area (Å²) in [5.41, 5.74) is 1.11. The summed E-state index contributed by atoms with van der Waals surface area (Å²) in [6.45, 7) is 2.61. The number of hydrogen-bond acceptors (Lipinski definition) is 7. The first-order valence-corrected chi connectivity index (χ1v) is 11.1. The lowest BCUT2D eigenvalue weighted by molar-refractivity contribution is 0.247. The third kappa shape index (κ3) is 4.17. The second kappa shape index (κ2) is 8.17.